The molecule has 1 aromatic rings. The van der Waals surface area contributed by atoms with Crippen molar-refractivity contribution in [3.63, 3.8) is 0 Å². The molecule has 0 saturated heterocycles. The van der Waals surface area contributed by atoms with Gasteiger partial charge >= 0.3 is 0 Å². The summed E-state index contributed by atoms with van der Waals surface area (Å²) in [5.41, 5.74) is 6.46. The summed E-state index contributed by atoms with van der Waals surface area (Å²) in [7, 11) is 3.81. The lowest BCUT2D eigenvalue weighted by molar-refractivity contribution is 0.112. The lowest BCUT2D eigenvalue weighted by Crippen LogP contribution is -2.34. The van der Waals surface area contributed by atoms with Crippen molar-refractivity contribution in [2.75, 3.05) is 33.9 Å². The van der Waals surface area contributed by atoms with E-state index in [1.54, 1.807) is 7.11 Å². The number of rotatable bonds is 9. The summed E-state index contributed by atoms with van der Waals surface area (Å²) in [5.74, 6) is 0.757. The average Bonchev–Trinajstić information content (AvgIpc) is 2.43. The van der Waals surface area contributed by atoms with Gasteiger partial charge in [-0.3, -0.25) is 0 Å². The van der Waals surface area contributed by atoms with Gasteiger partial charge in [0.25, 0.3) is 0 Å². The first-order valence-corrected chi connectivity index (χ1v) is 7.18. The quantitative estimate of drug-likeness (QED) is 0.558. The van der Waals surface area contributed by atoms with Gasteiger partial charge in [-0.2, -0.15) is 0 Å². The molecular weight excluding hydrogens is 272 g/mol. The molecule has 5 heteroatoms. The van der Waals surface area contributed by atoms with Gasteiger partial charge in [0.15, 0.2) is 0 Å². The molecule has 0 spiro atoms. The molecular formula is C15H24N2O2S. The highest BCUT2D eigenvalue weighted by Crippen LogP contribution is 2.17. The van der Waals surface area contributed by atoms with Crippen LogP contribution >= 0.6 is 12.2 Å². The Labute approximate surface area is 126 Å². The Bertz CT molecular complexity index is 426. The molecule has 0 aliphatic rings. The summed E-state index contributed by atoms with van der Waals surface area (Å²) in [6, 6.07) is 8.01. The number of likely N-dealkylation sites (N-methyl/N-ethyl adjacent to an activating group) is 1. The van der Waals surface area contributed by atoms with Gasteiger partial charge in [0, 0.05) is 19.7 Å². The molecule has 1 atom stereocenters. The van der Waals surface area contributed by atoms with Crippen LogP contribution in [0.1, 0.15) is 18.9 Å². The van der Waals surface area contributed by atoms with Crippen LogP contribution in [0, 0.1) is 0 Å². The third kappa shape index (κ3) is 5.45. The third-order valence-corrected chi connectivity index (χ3v) is 3.45. The normalized spacial score (nSPS) is 12.4. The number of nitrogens with zero attached hydrogens (tertiary/aromatic N) is 1. The fourth-order valence-corrected chi connectivity index (χ4v) is 2.05. The predicted octanol–water partition coefficient (Wildman–Crippen LogP) is 2.06. The Morgan fingerprint density at radius 2 is 2.10 bits per heavy atom. The molecule has 1 rings (SSSR count). The minimum atomic E-state index is 0.367. The van der Waals surface area contributed by atoms with Crippen LogP contribution in [-0.2, 0) is 4.74 Å². The highest BCUT2D eigenvalue weighted by atomic mass is 32.1. The second-order valence-electron chi connectivity index (χ2n) is 4.85. The first-order valence-electron chi connectivity index (χ1n) is 6.77. The molecule has 0 aliphatic heterocycles. The number of hydrogen-bond acceptors (Lipinski definition) is 4. The molecule has 20 heavy (non-hydrogen) atoms. The van der Waals surface area contributed by atoms with Gasteiger partial charge in [-0.1, -0.05) is 24.4 Å². The third-order valence-electron chi connectivity index (χ3n) is 3.23. The number of para-hydroxylation sites is 1. The van der Waals surface area contributed by atoms with E-state index >= 15 is 0 Å². The maximum absolute atomic E-state index is 5.76. The van der Waals surface area contributed by atoms with Crippen molar-refractivity contribution >= 4 is 17.2 Å². The number of nitrogens with two attached hydrogens (primary N) is 1. The number of methoxy groups -OCH3 is 1. The van der Waals surface area contributed by atoms with E-state index in [0.29, 0.717) is 17.6 Å². The van der Waals surface area contributed by atoms with Crippen LogP contribution in [0.25, 0.3) is 0 Å². The van der Waals surface area contributed by atoms with Crippen LogP contribution in [0.2, 0.25) is 0 Å². The van der Waals surface area contributed by atoms with Gasteiger partial charge in [-0.15, -0.1) is 0 Å². The summed E-state index contributed by atoms with van der Waals surface area (Å²) in [5, 5.41) is 0. The van der Waals surface area contributed by atoms with E-state index in [1.165, 1.54) is 0 Å². The van der Waals surface area contributed by atoms with E-state index in [0.717, 1.165) is 30.9 Å². The topological polar surface area (TPSA) is 47.7 Å². The second kappa shape index (κ2) is 8.89. The lowest BCUT2D eigenvalue weighted by Gasteiger charge is -2.23. The fourth-order valence-electron chi connectivity index (χ4n) is 1.88. The Balaban J connectivity index is 2.36. The number of thiocarbonyl (C=S) groups is 1. The first kappa shape index (κ1) is 16.9. The Morgan fingerprint density at radius 3 is 2.75 bits per heavy atom. The summed E-state index contributed by atoms with van der Waals surface area (Å²) < 4.78 is 10.9. The van der Waals surface area contributed by atoms with E-state index in [4.69, 9.17) is 27.4 Å². The highest BCUT2D eigenvalue weighted by Gasteiger charge is 2.09. The van der Waals surface area contributed by atoms with Gasteiger partial charge in [-0.25, -0.2) is 0 Å². The van der Waals surface area contributed by atoms with Crippen molar-refractivity contribution in [1.29, 1.82) is 0 Å². The Hall–Kier alpha value is -1.17. The monoisotopic (exact) mass is 296 g/mol. The zero-order valence-corrected chi connectivity index (χ0v) is 13.3. The molecule has 0 saturated carbocycles. The van der Waals surface area contributed by atoms with Crippen molar-refractivity contribution in [1.82, 2.24) is 4.90 Å². The van der Waals surface area contributed by atoms with E-state index in [2.05, 4.69) is 18.9 Å². The van der Waals surface area contributed by atoms with E-state index in [9.17, 15) is 0 Å². The summed E-state index contributed by atoms with van der Waals surface area (Å²) in [6.45, 7) is 4.48. The van der Waals surface area contributed by atoms with Gasteiger partial charge in [0.05, 0.1) is 18.8 Å². The molecule has 2 N–H and O–H groups in total. The van der Waals surface area contributed by atoms with Gasteiger partial charge in [0.1, 0.15) is 10.7 Å². The largest absolute Gasteiger partial charge is 0.493 e. The first-order chi connectivity index (χ1) is 9.56. The minimum absolute atomic E-state index is 0.367. The molecule has 0 fully saturated rings. The summed E-state index contributed by atoms with van der Waals surface area (Å²) >= 11 is 5.01. The molecule has 0 amide bonds. The number of ether oxygens (including phenoxy) is 2. The Kier molecular flexibility index (Phi) is 7.51. The van der Waals surface area contributed by atoms with Crippen LogP contribution < -0.4 is 10.5 Å². The van der Waals surface area contributed by atoms with Crippen LogP contribution in [0.5, 0.6) is 5.75 Å². The van der Waals surface area contributed by atoms with E-state index in [-0.39, 0.29) is 0 Å². The number of hydrogen-bond donors (Lipinski definition) is 1. The fraction of sp³-hybridized carbons (Fsp3) is 0.533. The van der Waals surface area contributed by atoms with Gasteiger partial charge in [-0.05, 0) is 32.5 Å². The zero-order valence-electron chi connectivity index (χ0n) is 12.5. The molecule has 0 radical (unpaired) electrons. The summed E-state index contributed by atoms with van der Waals surface area (Å²) in [4.78, 5) is 2.62. The SMILES string of the molecule is COCC(C)N(C)CCCOc1ccccc1C(N)=S. The van der Waals surface area contributed by atoms with Crippen molar-refractivity contribution in [2.45, 2.75) is 19.4 Å². The number of benzene rings is 1. The Morgan fingerprint density at radius 1 is 1.40 bits per heavy atom. The van der Waals surface area contributed by atoms with Crippen LogP contribution in [-0.4, -0.2) is 49.8 Å². The average molecular weight is 296 g/mol. The zero-order chi connectivity index (χ0) is 15.0. The van der Waals surface area contributed by atoms with Crippen molar-refractivity contribution < 1.29 is 9.47 Å². The smallest absolute Gasteiger partial charge is 0.129 e. The highest BCUT2D eigenvalue weighted by molar-refractivity contribution is 7.80. The molecule has 0 aromatic heterocycles. The van der Waals surface area contributed by atoms with E-state index in [1.807, 2.05) is 24.3 Å². The second-order valence-corrected chi connectivity index (χ2v) is 5.29. The molecule has 0 aliphatic carbocycles. The molecule has 0 heterocycles. The molecule has 4 nitrogen and oxygen atoms in total. The van der Waals surface area contributed by atoms with Crippen LogP contribution in [0.4, 0.5) is 0 Å². The van der Waals surface area contributed by atoms with Crippen molar-refractivity contribution in [3.05, 3.63) is 29.8 Å². The van der Waals surface area contributed by atoms with Gasteiger partial charge < -0.3 is 20.1 Å². The maximum Gasteiger partial charge on any atom is 0.129 e. The molecule has 1 aromatic carbocycles. The standard InChI is InChI=1S/C15H24N2O2S/c1-12(11-18-3)17(2)9-6-10-19-14-8-5-4-7-13(14)15(16)20/h4-5,7-8,12H,6,9-11H2,1-3H3,(H2,16,20). The van der Waals surface area contributed by atoms with Crippen LogP contribution in [0.15, 0.2) is 24.3 Å². The molecule has 112 valence electrons. The van der Waals surface area contributed by atoms with Crippen molar-refractivity contribution in [2.24, 2.45) is 5.73 Å². The van der Waals surface area contributed by atoms with Crippen molar-refractivity contribution in [3.8, 4) is 5.75 Å². The molecule has 0 bridgehead atoms. The lowest BCUT2D eigenvalue weighted by atomic mass is 10.2. The van der Waals surface area contributed by atoms with E-state index < -0.39 is 0 Å². The molecule has 1 unspecified atom stereocenters. The van der Waals surface area contributed by atoms with Gasteiger partial charge in [0.2, 0.25) is 0 Å². The minimum Gasteiger partial charge on any atom is -0.493 e. The summed E-state index contributed by atoms with van der Waals surface area (Å²) in [6.07, 6.45) is 0.941. The predicted molar refractivity (Wildman–Crippen MR) is 86.4 cm³/mol. The maximum atomic E-state index is 5.76. The van der Waals surface area contributed by atoms with Crippen LogP contribution in [0.3, 0.4) is 0 Å².